The summed E-state index contributed by atoms with van der Waals surface area (Å²) in [7, 11) is 1.68. The molecule has 0 aromatic carbocycles. The van der Waals surface area contributed by atoms with E-state index in [1.807, 2.05) is 17.7 Å². The zero-order chi connectivity index (χ0) is 10.9. The Balaban J connectivity index is 2.32. The smallest absolute Gasteiger partial charge is 0.202 e. The zero-order valence-electron chi connectivity index (χ0n) is 9.40. The molecule has 1 aromatic heterocycles. The van der Waals surface area contributed by atoms with Gasteiger partial charge in [0.25, 0.3) is 0 Å². The number of rotatable bonds is 8. The molecule has 0 spiro atoms. The molecule has 1 N–H and O–H groups in total. The van der Waals surface area contributed by atoms with E-state index in [1.54, 1.807) is 13.3 Å². The minimum Gasteiger partial charge on any atom is -0.383 e. The van der Waals surface area contributed by atoms with Crippen LogP contribution in [0.5, 0.6) is 0 Å². The molecular formula is C10H19N3O2. The van der Waals surface area contributed by atoms with Crippen molar-refractivity contribution in [3.8, 4) is 0 Å². The van der Waals surface area contributed by atoms with Crippen molar-refractivity contribution in [1.29, 1.82) is 0 Å². The number of ether oxygens (including phenoxy) is 2. The zero-order valence-corrected chi connectivity index (χ0v) is 9.40. The second kappa shape index (κ2) is 7.25. The second-order valence-corrected chi connectivity index (χ2v) is 3.06. The van der Waals surface area contributed by atoms with Crippen molar-refractivity contribution in [1.82, 2.24) is 9.55 Å². The van der Waals surface area contributed by atoms with Gasteiger partial charge >= 0.3 is 0 Å². The summed E-state index contributed by atoms with van der Waals surface area (Å²) in [6, 6.07) is 0. The van der Waals surface area contributed by atoms with E-state index in [9.17, 15) is 0 Å². The number of hydrogen-bond donors (Lipinski definition) is 1. The summed E-state index contributed by atoms with van der Waals surface area (Å²) < 4.78 is 12.3. The first-order chi connectivity index (χ1) is 7.38. The minimum atomic E-state index is 0.679. The average molecular weight is 213 g/mol. The molecule has 0 radical (unpaired) electrons. The Morgan fingerprint density at radius 1 is 1.47 bits per heavy atom. The molecule has 0 atom stereocenters. The first-order valence-corrected chi connectivity index (χ1v) is 5.20. The molecule has 0 aliphatic heterocycles. The van der Waals surface area contributed by atoms with Gasteiger partial charge in [-0.05, 0) is 6.92 Å². The van der Waals surface area contributed by atoms with Crippen molar-refractivity contribution in [3.63, 3.8) is 0 Å². The van der Waals surface area contributed by atoms with Crippen molar-refractivity contribution in [2.75, 3.05) is 38.8 Å². The topological polar surface area (TPSA) is 48.3 Å². The summed E-state index contributed by atoms with van der Waals surface area (Å²) in [5, 5.41) is 3.19. The Kier molecular flexibility index (Phi) is 5.80. The van der Waals surface area contributed by atoms with Crippen molar-refractivity contribution < 1.29 is 9.47 Å². The maximum Gasteiger partial charge on any atom is 0.202 e. The van der Waals surface area contributed by atoms with Gasteiger partial charge in [0.15, 0.2) is 0 Å². The van der Waals surface area contributed by atoms with E-state index in [1.165, 1.54) is 0 Å². The monoisotopic (exact) mass is 213 g/mol. The van der Waals surface area contributed by atoms with E-state index in [0.717, 1.165) is 25.6 Å². The van der Waals surface area contributed by atoms with Crippen LogP contribution in [0.1, 0.15) is 6.92 Å². The van der Waals surface area contributed by atoms with Crippen molar-refractivity contribution >= 4 is 5.95 Å². The van der Waals surface area contributed by atoms with Crippen molar-refractivity contribution in [3.05, 3.63) is 12.4 Å². The van der Waals surface area contributed by atoms with Gasteiger partial charge in [-0.1, -0.05) is 0 Å². The molecule has 0 aliphatic carbocycles. The van der Waals surface area contributed by atoms with Gasteiger partial charge in [0, 0.05) is 39.2 Å². The Morgan fingerprint density at radius 3 is 3.07 bits per heavy atom. The molecule has 0 fully saturated rings. The summed E-state index contributed by atoms with van der Waals surface area (Å²) in [6.45, 7) is 5.72. The molecule has 15 heavy (non-hydrogen) atoms. The molecule has 1 rings (SSSR count). The predicted octanol–water partition coefficient (Wildman–Crippen LogP) is 0.978. The third kappa shape index (κ3) is 4.31. The lowest BCUT2D eigenvalue weighted by Gasteiger charge is -2.09. The van der Waals surface area contributed by atoms with E-state index in [-0.39, 0.29) is 0 Å². The van der Waals surface area contributed by atoms with E-state index in [2.05, 4.69) is 10.3 Å². The summed E-state index contributed by atoms with van der Waals surface area (Å²) in [5.41, 5.74) is 0. The van der Waals surface area contributed by atoms with Crippen LogP contribution >= 0.6 is 0 Å². The van der Waals surface area contributed by atoms with Gasteiger partial charge in [0.05, 0.1) is 13.2 Å². The summed E-state index contributed by atoms with van der Waals surface area (Å²) >= 11 is 0. The highest BCUT2D eigenvalue weighted by Crippen LogP contribution is 2.03. The van der Waals surface area contributed by atoms with Crippen LogP contribution in [0.3, 0.4) is 0 Å². The SMILES string of the molecule is CCOCCn1ccnc1NCCOC. The molecule has 0 saturated heterocycles. The molecule has 5 heteroatoms. The molecule has 0 bridgehead atoms. The first-order valence-electron chi connectivity index (χ1n) is 5.20. The molecule has 5 nitrogen and oxygen atoms in total. The van der Waals surface area contributed by atoms with Gasteiger partial charge < -0.3 is 19.4 Å². The van der Waals surface area contributed by atoms with Crippen molar-refractivity contribution in [2.45, 2.75) is 13.5 Å². The molecule has 0 amide bonds. The highest BCUT2D eigenvalue weighted by atomic mass is 16.5. The van der Waals surface area contributed by atoms with Crippen LogP contribution in [-0.2, 0) is 16.0 Å². The number of anilines is 1. The Hall–Kier alpha value is -1.07. The van der Waals surface area contributed by atoms with E-state index in [4.69, 9.17) is 9.47 Å². The highest BCUT2D eigenvalue weighted by molar-refractivity contribution is 5.25. The number of hydrogen-bond acceptors (Lipinski definition) is 4. The minimum absolute atomic E-state index is 0.679. The second-order valence-electron chi connectivity index (χ2n) is 3.06. The lowest BCUT2D eigenvalue weighted by atomic mass is 10.6. The number of imidazole rings is 1. The fourth-order valence-electron chi connectivity index (χ4n) is 1.23. The highest BCUT2D eigenvalue weighted by Gasteiger charge is 2.00. The summed E-state index contributed by atoms with van der Waals surface area (Å²) in [5.74, 6) is 0.867. The number of nitrogens with one attached hydrogen (secondary N) is 1. The Bertz CT molecular complexity index is 238. The third-order valence-electron chi connectivity index (χ3n) is 1.99. The van der Waals surface area contributed by atoms with Crippen LogP contribution in [0.4, 0.5) is 5.95 Å². The normalized spacial score (nSPS) is 10.5. The van der Waals surface area contributed by atoms with Crippen LogP contribution in [0.2, 0.25) is 0 Å². The van der Waals surface area contributed by atoms with Crippen LogP contribution in [0, 0.1) is 0 Å². The van der Waals surface area contributed by atoms with E-state index < -0.39 is 0 Å². The van der Waals surface area contributed by atoms with Gasteiger partial charge in [0.1, 0.15) is 0 Å². The quantitative estimate of drug-likeness (QED) is 0.654. The van der Waals surface area contributed by atoms with Crippen LogP contribution in [-0.4, -0.2) is 43.0 Å². The van der Waals surface area contributed by atoms with Gasteiger partial charge in [-0.15, -0.1) is 0 Å². The standard InChI is InChI=1S/C10H19N3O2/c1-3-15-9-7-13-6-4-11-10(13)12-5-8-14-2/h4,6H,3,5,7-9H2,1-2H3,(H,11,12). The van der Waals surface area contributed by atoms with Crippen molar-refractivity contribution in [2.24, 2.45) is 0 Å². The van der Waals surface area contributed by atoms with Crippen LogP contribution < -0.4 is 5.32 Å². The molecule has 0 aliphatic rings. The lowest BCUT2D eigenvalue weighted by Crippen LogP contribution is -2.14. The Labute approximate surface area is 90.4 Å². The van der Waals surface area contributed by atoms with Crippen LogP contribution in [0.25, 0.3) is 0 Å². The molecule has 0 saturated carbocycles. The fourth-order valence-corrected chi connectivity index (χ4v) is 1.23. The summed E-state index contributed by atoms with van der Waals surface area (Å²) in [6.07, 6.45) is 3.72. The fraction of sp³-hybridized carbons (Fsp3) is 0.700. The first kappa shape index (κ1) is 12.0. The summed E-state index contributed by atoms with van der Waals surface area (Å²) in [4.78, 5) is 4.21. The van der Waals surface area contributed by atoms with E-state index >= 15 is 0 Å². The number of methoxy groups -OCH3 is 1. The third-order valence-corrected chi connectivity index (χ3v) is 1.99. The molecule has 1 aromatic rings. The van der Waals surface area contributed by atoms with Gasteiger partial charge in [0.2, 0.25) is 5.95 Å². The lowest BCUT2D eigenvalue weighted by molar-refractivity contribution is 0.139. The van der Waals surface area contributed by atoms with Gasteiger partial charge in [-0.2, -0.15) is 0 Å². The number of aromatic nitrogens is 2. The molecule has 1 heterocycles. The molecule has 86 valence electrons. The molecule has 0 unspecified atom stereocenters. The van der Waals surface area contributed by atoms with Crippen LogP contribution in [0.15, 0.2) is 12.4 Å². The largest absolute Gasteiger partial charge is 0.383 e. The van der Waals surface area contributed by atoms with E-state index in [0.29, 0.717) is 13.2 Å². The predicted molar refractivity (Wildman–Crippen MR) is 59.1 cm³/mol. The maximum atomic E-state index is 5.29. The Morgan fingerprint density at radius 2 is 2.33 bits per heavy atom. The average Bonchev–Trinajstić information content (AvgIpc) is 2.67. The maximum absolute atomic E-state index is 5.29. The molecular weight excluding hydrogens is 194 g/mol. The van der Waals surface area contributed by atoms with Gasteiger partial charge in [-0.25, -0.2) is 4.98 Å². The number of nitrogens with zero attached hydrogens (tertiary/aromatic N) is 2. The van der Waals surface area contributed by atoms with Gasteiger partial charge in [-0.3, -0.25) is 0 Å².